The first-order chi connectivity index (χ1) is 9.56. The van der Waals surface area contributed by atoms with E-state index in [1.165, 1.54) is 0 Å². The maximum Gasteiger partial charge on any atom is 0.0990 e. The number of aliphatic hydroxyl groups is 1. The zero-order valence-corrected chi connectivity index (χ0v) is 14.0. The lowest BCUT2D eigenvalue weighted by Crippen LogP contribution is -2.21. The summed E-state index contributed by atoms with van der Waals surface area (Å²) < 4.78 is 13.0. The Balaban J connectivity index is 2.49. The van der Waals surface area contributed by atoms with Gasteiger partial charge in [0, 0.05) is 26.7 Å². The number of likely N-dealkylation sites (N-methyl/N-ethyl adjacent to an activating group) is 1. The molecule has 7 heteroatoms. The van der Waals surface area contributed by atoms with Crippen LogP contribution in [0.4, 0.5) is 0 Å². The molecule has 0 bridgehead atoms. The summed E-state index contributed by atoms with van der Waals surface area (Å²) in [6, 6.07) is 0. The Morgan fingerprint density at radius 1 is 1.40 bits per heavy atom. The van der Waals surface area contributed by atoms with E-state index < -0.39 is 6.10 Å². The van der Waals surface area contributed by atoms with Crippen LogP contribution in [0, 0.1) is 0 Å². The molecule has 0 radical (unpaired) electrons. The molecule has 116 valence electrons. The van der Waals surface area contributed by atoms with Gasteiger partial charge in [0.25, 0.3) is 0 Å². The molecule has 0 amide bonds. The van der Waals surface area contributed by atoms with Crippen LogP contribution in [0.25, 0.3) is 0 Å². The number of nitrogens with zero attached hydrogens (tertiary/aromatic N) is 3. The topological polar surface area (TPSA) is 59.8 Å². The van der Waals surface area contributed by atoms with E-state index in [0.29, 0.717) is 26.2 Å². The molecule has 1 heterocycles. The highest BCUT2D eigenvalue weighted by Crippen LogP contribution is 2.25. The van der Waals surface area contributed by atoms with E-state index in [1.54, 1.807) is 13.3 Å². The van der Waals surface area contributed by atoms with Crippen molar-refractivity contribution in [2.75, 3.05) is 47.6 Å². The van der Waals surface area contributed by atoms with Crippen molar-refractivity contribution in [1.82, 2.24) is 14.7 Å². The zero-order chi connectivity index (χ0) is 15.0. The number of ether oxygens (including phenoxy) is 2. The van der Waals surface area contributed by atoms with Crippen LogP contribution >= 0.6 is 15.9 Å². The molecule has 0 aliphatic heterocycles. The van der Waals surface area contributed by atoms with Crippen molar-refractivity contribution in [3.8, 4) is 0 Å². The average Bonchev–Trinajstić information content (AvgIpc) is 2.77. The standard InChI is InChI=1S/C13H24BrN3O3/c1-16(2)5-6-17-13(11(14)10-15-17)12(18)4-7-20-9-8-19-3/h10,12,18H,4-9H2,1-3H3. The van der Waals surface area contributed by atoms with Gasteiger partial charge < -0.3 is 19.5 Å². The van der Waals surface area contributed by atoms with Gasteiger partial charge in [-0.25, -0.2) is 0 Å². The number of aliphatic hydroxyl groups excluding tert-OH is 1. The minimum absolute atomic E-state index is 0.496. The predicted octanol–water partition coefficient (Wildman–Crippen LogP) is 1.29. The van der Waals surface area contributed by atoms with E-state index >= 15 is 0 Å². The highest BCUT2D eigenvalue weighted by atomic mass is 79.9. The fourth-order valence-corrected chi connectivity index (χ4v) is 2.31. The van der Waals surface area contributed by atoms with Crippen LogP contribution in [0.15, 0.2) is 10.7 Å². The first-order valence-corrected chi connectivity index (χ1v) is 7.46. The van der Waals surface area contributed by atoms with Crippen LogP contribution in [0.3, 0.4) is 0 Å². The lowest BCUT2D eigenvalue weighted by atomic mass is 10.2. The summed E-state index contributed by atoms with van der Waals surface area (Å²) in [5.41, 5.74) is 0.808. The van der Waals surface area contributed by atoms with Crippen LogP contribution < -0.4 is 0 Å². The molecule has 0 saturated carbocycles. The van der Waals surface area contributed by atoms with Crippen LogP contribution in [0.1, 0.15) is 18.2 Å². The Labute approximate surface area is 128 Å². The summed E-state index contributed by atoms with van der Waals surface area (Å²) in [6.07, 6.45) is 1.67. The number of hydrogen-bond acceptors (Lipinski definition) is 5. The Morgan fingerprint density at radius 2 is 2.15 bits per heavy atom. The molecule has 6 nitrogen and oxygen atoms in total. The van der Waals surface area contributed by atoms with Crippen LogP contribution in [-0.4, -0.2) is 67.4 Å². The maximum absolute atomic E-state index is 10.3. The van der Waals surface area contributed by atoms with Crippen molar-refractivity contribution in [2.24, 2.45) is 0 Å². The van der Waals surface area contributed by atoms with Crippen molar-refractivity contribution in [2.45, 2.75) is 19.1 Å². The van der Waals surface area contributed by atoms with Gasteiger partial charge in [-0.2, -0.15) is 5.10 Å². The first kappa shape index (κ1) is 17.6. The summed E-state index contributed by atoms with van der Waals surface area (Å²) in [5, 5.41) is 14.6. The second-order valence-electron chi connectivity index (χ2n) is 4.81. The van der Waals surface area contributed by atoms with Gasteiger partial charge in [-0.3, -0.25) is 4.68 Å². The zero-order valence-electron chi connectivity index (χ0n) is 12.4. The monoisotopic (exact) mass is 349 g/mol. The van der Waals surface area contributed by atoms with Crippen molar-refractivity contribution in [3.05, 3.63) is 16.4 Å². The summed E-state index contributed by atoms with van der Waals surface area (Å²) in [7, 11) is 5.66. The van der Waals surface area contributed by atoms with E-state index in [0.717, 1.165) is 23.3 Å². The van der Waals surface area contributed by atoms with E-state index in [1.807, 2.05) is 18.8 Å². The smallest absolute Gasteiger partial charge is 0.0990 e. The van der Waals surface area contributed by atoms with Gasteiger partial charge >= 0.3 is 0 Å². The molecule has 1 aromatic rings. The predicted molar refractivity (Wildman–Crippen MR) is 80.8 cm³/mol. The molecule has 1 rings (SSSR count). The van der Waals surface area contributed by atoms with Crippen molar-refractivity contribution < 1.29 is 14.6 Å². The molecule has 0 aliphatic carbocycles. The Kier molecular flexibility index (Phi) is 8.32. The van der Waals surface area contributed by atoms with E-state index in [-0.39, 0.29) is 0 Å². The third-order valence-electron chi connectivity index (χ3n) is 2.88. The number of hydrogen-bond donors (Lipinski definition) is 1. The Hall–Kier alpha value is -0.470. The second-order valence-corrected chi connectivity index (χ2v) is 5.67. The number of aromatic nitrogens is 2. The molecular formula is C13H24BrN3O3. The van der Waals surface area contributed by atoms with Crippen LogP contribution in [0.5, 0.6) is 0 Å². The van der Waals surface area contributed by atoms with Gasteiger partial charge in [-0.1, -0.05) is 0 Å². The molecule has 1 atom stereocenters. The third kappa shape index (κ3) is 5.88. The Morgan fingerprint density at radius 3 is 2.80 bits per heavy atom. The third-order valence-corrected chi connectivity index (χ3v) is 3.49. The largest absolute Gasteiger partial charge is 0.387 e. The number of halogens is 1. The number of rotatable bonds is 10. The quantitative estimate of drug-likeness (QED) is 0.645. The first-order valence-electron chi connectivity index (χ1n) is 6.67. The minimum Gasteiger partial charge on any atom is -0.387 e. The van der Waals surface area contributed by atoms with Gasteiger partial charge in [0.15, 0.2) is 0 Å². The van der Waals surface area contributed by atoms with Gasteiger partial charge in [0.2, 0.25) is 0 Å². The summed E-state index contributed by atoms with van der Waals surface area (Å²) in [4.78, 5) is 2.08. The fraction of sp³-hybridized carbons (Fsp3) is 0.769. The summed E-state index contributed by atoms with van der Waals surface area (Å²) >= 11 is 3.44. The van der Waals surface area contributed by atoms with Gasteiger partial charge in [-0.05, 0) is 30.0 Å². The highest BCUT2D eigenvalue weighted by molar-refractivity contribution is 9.10. The van der Waals surface area contributed by atoms with Crippen molar-refractivity contribution >= 4 is 15.9 Å². The van der Waals surface area contributed by atoms with Gasteiger partial charge in [0.05, 0.1) is 42.2 Å². The second kappa shape index (κ2) is 9.46. The van der Waals surface area contributed by atoms with Crippen molar-refractivity contribution in [1.29, 1.82) is 0 Å². The number of methoxy groups -OCH3 is 1. The summed E-state index contributed by atoms with van der Waals surface area (Å²) in [5.74, 6) is 0. The summed E-state index contributed by atoms with van der Waals surface area (Å²) in [6.45, 7) is 3.23. The van der Waals surface area contributed by atoms with E-state index in [2.05, 4.69) is 25.9 Å². The molecule has 20 heavy (non-hydrogen) atoms. The molecule has 0 spiro atoms. The highest BCUT2D eigenvalue weighted by Gasteiger charge is 2.17. The fourth-order valence-electron chi connectivity index (χ4n) is 1.75. The minimum atomic E-state index is -0.586. The van der Waals surface area contributed by atoms with Crippen LogP contribution in [0.2, 0.25) is 0 Å². The normalized spacial score (nSPS) is 13.1. The maximum atomic E-state index is 10.3. The molecule has 0 saturated heterocycles. The molecular weight excluding hydrogens is 326 g/mol. The molecule has 1 N–H and O–H groups in total. The van der Waals surface area contributed by atoms with E-state index in [9.17, 15) is 5.11 Å². The molecule has 1 aromatic heterocycles. The van der Waals surface area contributed by atoms with Crippen molar-refractivity contribution in [3.63, 3.8) is 0 Å². The van der Waals surface area contributed by atoms with Crippen LogP contribution in [-0.2, 0) is 16.0 Å². The average molecular weight is 350 g/mol. The lowest BCUT2D eigenvalue weighted by Gasteiger charge is -2.16. The lowest BCUT2D eigenvalue weighted by molar-refractivity contribution is 0.0454. The van der Waals surface area contributed by atoms with E-state index in [4.69, 9.17) is 9.47 Å². The molecule has 0 fully saturated rings. The molecule has 0 aliphatic rings. The molecule has 1 unspecified atom stereocenters. The molecule has 0 aromatic carbocycles. The van der Waals surface area contributed by atoms with Gasteiger partial charge in [-0.15, -0.1) is 0 Å². The Bertz CT molecular complexity index is 385. The van der Waals surface area contributed by atoms with Gasteiger partial charge in [0.1, 0.15) is 0 Å². The SMILES string of the molecule is COCCOCCC(O)c1c(Br)cnn1CCN(C)C.